The Labute approximate surface area is 88.9 Å². The Bertz CT molecular complexity index is 155. The number of hydrogen-bond donors (Lipinski definition) is 1. The van der Waals surface area contributed by atoms with Gasteiger partial charge in [-0.25, -0.2) is 0 Å². The van der Waals surface area contributed by atoms with E-state index in [2.05, 4.69) is 13.8 Å². The van der Waals surface area contributed by atoms with E-state index in [9.17, 15) is 5.11 Å². The lowest BCUT2D eigenvalue weighted by atomic mass is 10.0. The van der Waals surface area contributed by atoms with E-state index >= 15 is 0 Å². The Morgan fingerprint density at radius 2 is 1.71 bits per heavy atom. The van der Waals surface area contributed by atoms with Crippen LogP contribution in [-0.4, -0.2) is 10.7 Å². The second-order valence-corrected chi connectivity index (χ2v) is 4.96. The average molecular weight is 198 g/mol. The number of hydrogen-bond acceptors (Lipinski definition) is 1. The zero-order chi connectivity index (χ0) is 10.4. The van der Waals surface area contributed by atoms with Crippen molar-refractivity contribution in [1.29, 1.82) is 0 Å². The van der Waals surface area contributed by atoms with Crippen molar-refractivity contribution < 1.29 is 5.11 Å². The number of rotatable bonds is 8. The van der Waals surface area contributed by atoms with E-state index in [4.69, 9.17) is 0 Å². The summed E-state index contributed by atoms with van der Waals surface area (Å²) in [5, 5.41) is 10.1. The topological polar surface area (TPSA) is 20.2 Å². The van der Waals surface area contributed by atoms with Gasteiger partial charge in [0, 0.05) is 0 Å². The first-order valence-corrected chi connectivity index (χ1v) is 6.45. The van der Waals surface area contributed by atoms with Crippen LogP contribution in [0.2, 0.25) is 0 Å². The summed E-state index contributed by atoms with van der Waals surface area (Å²) in [4.78, 5) is 0. The van der Waals surface area contributed by atoms with Crippen LogP contribution in [0.3, 0.4) is 0 Å². The molecule has 0 radical (unpaired) electrons. The number of aliphatic hydroxyl groups is 1. The standard InChI is InChI=1S/C13H26O/c1-3-5-7-9-12-11-13(12,14)10-8-6-4-2/h12,14H,3-11H2,1-2H3/t12-,13-/m0/s1. The lowest BCUT2D eigenvalue weighted by Gasteiger charge is -2.09. The van der Waals surface area contributed by atoms with E-state index in [0.717, 1.165) is 12.8 Å². The third-order valence-corrected chi connectivity index (χ3v) is 3.57. The summed E-state index contributed by atoms with van der Waals surface area (Å²) in [5.74, 6) is 0.644. The van der Waals surface area contributed by atoms with Gasteiger partial charge in [-0.15, -0.1) is 0 Å². The molecule has 0 spiro atoms. The Morgan fingerprint density at radius 1 is 1.07 bits per heavy atom. The van der Waals surface area contributed by atoms with Crippen LogP contribution in [0.15, 0.2) is 0 Å². The van der Waals surface area contributed by atoms with E-state index in [1.54, 1.807) is 0 Å². The SMILES string of the molecule is CCCCC[C@H]1C[C@@]1(O)CCCCC. The van der Waals surface area contributed by atoms with Gasteiger partial charge in [-0.2, -0.15) is 0 Å². The summed E-state index contributed by atoms with van der Waals surface area (Å²) in [5.41, 5.74) is -0.233. The van der Waals surface area contributed by atoms with Crippen LogP contribution in [0.1, 0.15) is 71.6 Å². The molecule has 0 amide bonds. The van der Waals surface area contributed by atoms with Crippen molar-refractivity contribution in [3.05, 3.63) is 0 Å². The van der Waals surface area contributed by atoms with Crippen molar-refractivity contribution in [2.45, 2.75) is 77.2 Å². The van der Waals surface area contributed by atoms with Crippen molar-refractivity contribution in [3.8, 4) is 0 Å². The molecule has 2 atom stereocenters. The highest BCUT2D eigenvalue weighted by Gasteiger charge is 2.50. The molecule has 0 aromatic heterocycles. The molecule has 0 bridgehead atoms. The molecule has 0 unspecified atom stereocenters. The molecule has 0 saturated heterocycles. The van der Waals surface area contributed by atoms with Gasteiger partial charge >= 0.3 is 0 Å². The molecule has 1 heteroatoms. The van der Waals surface area contributed by atoms with Crippen molar-refractivity contribution in [3.63, 3.8) is 0 Å². The van der Waals surface area contributed by atoms with Crippen LogP contribution in [0, 0.1) is 5.92 Å². The summed E-state index contributed by atoms with van der Waals surface area (Å²) in [6, 6.07) is 0. The fourth-order valence-corrected chi connectivity index (χ4v) is 2.37. The molecule has 1 N–H and O–H groups in total. The molecule has 1 fully saturated rings. The fraction of sp³-hybridized carbons (Fsp3) is 1.00. The van der Waals surface area contributed by atoms with Crippen molar-refractivity contribution in [2.75, 3.05) is 0 Å². The lowest BCUT2D eigenvalue weighted by Crippen LogP contribution is -2.10. The molecule has 0 aromatic carbocycles. The van der Waals surface area contributed by atoms with Crippen LogP contribution in [0.25, 0.3) is 0 Å². The van der Waals surface area contributed by atoms with Gasteiger partial charge in [0.15, 0.2) is 0 Å². The predicted octanol–water partition coefficient (Wildman–Crippen LogP) is 3.90. The van der Waals surface area contributed by atoms with Gasteiger partial charge < -0.3 is 5.11 Å². The molecule has 14 heavy (non-hydrogen) atoms. The fourth-order valence-electron chi connectivity index (χ4n) is 2.37. The molecule has 1 aliphatic carbocycles. The van der Waals surface area contributed by atoms with Crippen LogP contribution in [0.5, 0.6) is 0 Å². The predicted molar refractivity (Wildman–Crippen MR) is 61.3 cm³/mol. The van der Waals surface area contributed by atoms with Gasteiger partial charge in [0.05, 0.1) is 5.60 Å². The maximum Gasteiger partial charge on any atom is 0.0680 e. The molecular formula is C13H26O. The Morgan fingerprint density at radius 3 is 2.36 bits per heavy atom. The summed E-state index contributed by atoms with van der Waals surface area (Å²) >= 11 is 0. The van der Waals surface area contributed by atoms with Crippen LogP contribution >= 0.6 is 0 Å². The van der Waals surface area contributed by atoms with E-state index in [-0.39, 0.29) is 5.60 Å². The van der Waals surface area contributed by atoms with E-state index < -0.39 is 0 Å². The molecule has 1 nitrogen and oxygen atoms in total. The van der Waals surface area contributed by atoms with E-state index in [0.29, 0.717) is 5.92 Å². The summed E-state index contributed by atoms with van der Waals surface area (Å²) in [6.07, 6.45) is 11.1. The summed E-state index contributed by atoms with van der Waals surface area (Å²) < 4.78 is 0. The maximum atomic E-state index is 10.1. The Balaban J connectivity index is 2.03. The first kappa shape index (κ1) is 12.0. The van der Waals surface area contributed by atoms with Crippen LogP contribution in [0.4, 0.5) is 0 Å². The van der Waals surface area contributed by atoms with Gasteiger partial charge in [-0.05, 0) is 25.2 Å². The molecule has 1 saturated carbocycles. The number of unbranched alkanes of at least 4 members (excludes halogenated alkanes) is 4. The smallest absolute Gasteiger partial charge is 0.0680 e. The van der Waals surface area contributed by atoms with Gasteiger partial charge in [-0.3, -0.25) is 0 Å². The highest BCUT2D eigenvalue weighted by molar-refractivity contribution is 5.02. The van der Waals surface area contributed by atoms with Crippen LogP contribution < -0.4 is 0 Å². The highest BCUT2D eigenvalue weighted by Crippen LogP contribution is 2.50. The minimum absolute atomic E-state index is 0.233. The minimum Gasteiger partial charge on any atom is -0.390 e. The molecular weight excluding hydrogens is 172 g/mol. The van der Waals surface area contributed by atoms with E-state index in [1.807, 2.05) is 0 Å². The van der Waals surface area contributed by atoms with Crippen molar-refractivity contribution >= 4 is 0 Å². The summed E-state index contributed by atoms with van der Waals surface area (Å²) in [7, 11) is 0. The zero-order valence-electron chi connectivity index (χ0n) is 9.89. The second kappa shape index (κ2) is 5.75. The first-order valence-electron chi connectivity index (χ1n) is 6.45. The monoisotopic (exact) mass is 198 g/mol. The quantitative estimate of drug-likeness (QED) is 0.586. The minimum atomic E-state index is -0.233. The molecule has 1 rings (SSSR count). The maximum absolute atomic E-state index is 10.1. The van der Waals surface area contributed by atoms with Crippen LogP contribution in [-0.2, 0) is 0 Å². The van der Waals surface area contributed by atoms with Gasteiger partial charge in [0.25, 0.3) is 0 Å². The largest absolute Gasteiger partial charge is 0.390 e. The molecule has 0 heterocycles. The lowest BCUT2D eigenvalue weighted by molar-refractivity contribution is 0.115. The van der Waals surface area contributed by atoms with Gasteiger partial charge in [0.2, 0.25) is 0 Å². The first-order chi connectivity index (χ1) is 6.73. The third-order valence-electron chi connectivity index (χ3n) is 3.57. The van der Waals surface area contributed by atoms with Crippen molar-refractivity contribution in [1.82, 2.24) is 0 Å². The summed E-state index contributed by atoms with van der Waals surface area (Å²) in [6.45, 7) is 4.45. The molecule has 0 aliphatic heterocycles. The Kier molecular flexibility index (Phi) is 4.94. The van der Waals surface area contributed by atoms with Gasteiger partial charge in [-0.1, -0.05) is 52.4 Å². The highest BCUT2D eigenvalue weighted by atomic mass is 16.3. The normalized spacial score (nSPS) is 30.6. The van der Waals surface area contributed by atoms with Gasteiger partial charge in [0.1, 0.15) is 0 Å². The molecule has 1 aliphatic rings. The zero-order valence-corrected chi connectivity index (χ0v) is 9.89. The average Bonchev–Trinajstić information content (AvgIpc) is 2.79. The third kappa shape index (κ3) is 3.61. The Hall–Kier alpha value is -0.0400. The van der Waals surface area contributed by atoms with Crippen molar-refractivity contribution in [2.24, 2.45) is 5.92 Å². The second-order valence-electron chi connectivity index (χ2n) is 4.96. The molecule has 0 aromatic rings. The van der Waals surface area contributed by atoms with E-state index in [1.165, 1.54) is 44.9 Å². The molecule has 84 valence electrons.